The van der Waals surface area contributed by atoms with Crippen LogP contribution in [0.3, 0.4) is 0 Å². The second-order valence-corrected chi connectivity index (χ2v) is 7.80. The molecule has 0 radical (unpaired) electrons. The Hall–Kier alpha value is -2.16. The molecule has 0 unspecified atom stereocenters. The number of Topliss-reactive ketones (excluding diaryl/α,β-unsaturated/α-hetero) is 1. The van der Waals surface area contributed by atoms with Crippen molar-refractivity contribution in [3.8, 4) is 0 Å². The largest absolute Gasteiger partial charge is 0.444 e. The van der Waals surface area contributed by atoms with E-state index in [0.717, 1.165) is 18.5 Å². The Morgan fingerprint density at radius 2 is 1.96 bits per heavy atom. The Kier molecular flexibility index (Phi) is 6.96. The highest BCUT2D eigenvalue weighted by atomic mass is 32.2. The number of ether oxygens (including phenoxy) is 1. The molecule has 0 saturated heterocycles. The van der Waals surface area contributed by atoms with E-state index in [1.807, 2.05) is 0 Å². The number of alkyl carbamates (subject to hydrolysis) is 1. The molecule has 142 valence electrons. The number of nitrogens with zero attached hydrogens (tertiary/aromatic N) is 2. The van der Waals surface area contributed by atoms with Gasteiger partial charge >= 0.3 is 6.09 Å². The van der Waals surface area contributed by atoms with Crippen molar-refractivity contribution in [2.75, 3.05) is 18.8 Å². The molecule has 0 fully saturated rings. The number of hydrogen-bond donors (Lipinski definition) is 2. The molecule has 0 bridgehead atoms. The molecule has 2 N–H and O–H groups in total. The predicted octanol–water partition coefficient (Wildman–Crippen LogP) is 1.73. The van der Waals surface area contributed by atoms with Gasteiger partial charge in [0.05, 0.1) is 17.0 Å². The Bertz CT molecular complexity index is 688. The number of fused-ring (bicyclic) bond motifs is 1. The summed E-state index contributed by atoms with van der Waals surface area (Å²) < 4.78 is 5.10. The van der Waals surface area contributed by atoms with Gasteiger partial charge in [-0.25, -0.2) is 14.8 Å². The summed E-state index contributed by atoms with van der Waals surface area (Å²) in [6, 6.07) is 0. The molecule has 26 heavy (non-hydrogen) atoms. The fourth-order valence-corrected chi connectivity index (χ4v) is 2.97. The molecule has 0 aliphatic heterocycles. The van der Waals surface area contributed by atoms with Crippen molar-refractivity contribution in [1.29, 1.82) is 0 Å². The number of ketones is 1. The number of rotatable bonds is 6. The average molecular weight is 380 g/mol. The van der Waals surface area contributed by atoms with Crippen molar-refractivity contribution in [3.05, 3.63) is 17.5 Å². The average Bonchev–Trinajstić information content (AvgIpc) is 2.55. The minimum atomic E-state index is -0.552. The van der Waals surface area contributed by atoms with E-state index < -0.39 is 11.7 Å². The van der Waals surface area contributed by atoms with Gasteiger partial charge in [0.2, 0.25) is 5.91 Å². The van der Waals surface area contributed by atoms with Gasteiger partial charge in [-0.1, -0.05) is 11.8 Å². The van der Waals surface area contributed by atoms with E-state index in [4.69, 9.17) is 4.74 Å². The van der Waals surface area contributed by atoms with Crippen molar-refractivity contribution in [1.82, 2.24) is 20.6 Å². The third-order valence-corrected chi connectivity index (χ3v) is 4.27. The first-order valence-corrected chi connectivity index (χ1v) is 9.48. The summed E-state index contributed by atoms with van der Waals surface area (Å²) in [7, 11) is 0. The number of carbonyl (C=O) groups is 3. The Morgan fingerprint density at radius 3 is 2.69 bits per heavy atom. The van der Waals surface area contributed by atoms with Gasteiger partial charge in [-0.3, -0.25) is 9.59 Å². The number of amides is 2. The summed E-state index contributed by atoms with van der Waals surface area (Å²) in [6.45, 7) is 5.93. The monoisotopic (exact) mass is 380 g/mol. The fraction of sp³-hybridized carbons (Fsp3) is 0.588. The zero-order valence-electron chi connectivity index (χ0n) is 15.3. The molecule has 1 aromatic rings. The van der Waals surface area contributed by atoms with E-state index >= 15 is 0 Å². The molecule has 1 heterocycles. The molecule has 0 saturated carbocycles. The Labute approximate surface area is 156 Å². The molecule has 1 aliphatic carbocycles. The zero-order chi connectivity index (χ0) is 19.2. The number of thioether (sulfide) groups is 1. The molecule has 0 aromatic carbocycles. The Balaban J connectivity index is 1.68. The maximum Gasteiger partial charge on any atom is 0.407 e. The molecule has 1 aliphatic rings. The number of aromatic nitrogens is 2. The molecule has 2 amide bonds. The minimum Gasteiger partial charge on any atom is -0.444 e. The lowest BCUT2D eigenvalue weighted by atomic mass is 9.96. The second-order valence-electron chi connectivity index (χ2n) is 6.86. The summed E-state index contributed by atoms with van der Waals surface area (Å²) in [5, 5.41) is 5.75. The maximum atomic E-state index is 11.8. The van der Waals surface area contributed by atoms with E-state index in [2.05, 4.69) is 20.6 Å². The highest BCUT2D eigenvalue weighted by Gasteiger charge is 2.19. The first-order valence-electron chi connectivity index (χ1n) is 8.50. The number of aryl methyl sites for hydroxylation is 1. The minimum absolute atomic E-state index is 0.0815. The van der Waals surface area contributed by atoms with Gasteiger partial charge in [0.15, 0.2) is 10.9 Å². The van der Waals surface area contributed by atoms with Crippen LogP contribution in [-0.4, -0.2) is 52.2 Å². The van der Waals surface area contributed by atoms with Crippen molar-refractivity contribution >= 4 is 29.5 Å². The highest BCUT2D eigenvalue weighted by molar-refractivity contribution is 7.99. The summed E-state index contributed by atoms with van der Waals surface area (Å²) in [6.07, 6.45) is 3.15. The lowest BCUT2D eigenvalue weighted by Crippen LogP contribution is -2.38. The third-order valence-electron chi connectivity index (χ3n) is 3.41. The topological polar surface area (TPSA) is 110 Å². The van der Waals surface area contributed by atoms with Crippen LogP contribution in [0.25, 0.3) is 0 Å². The molecular weight excluding hydrogens is 356 g/mol. The molecule has 9 heteroatoms. The standard InChI is InChI=1S/C17H24N4O4S/c1-17(2,3)25-16(24)19-8-7-18-14(23)10-26-15-20-9-11-12(21-15)5-4-6-13(11)22/h9H,4-8,10H2,1-3H3,(H,18,23)(H,19,24). The number of nitrogens with one attached hydrogen (secondary N) is 2. The van der Waals surface area contributed by atoms with Crippen molar-refractivity contribution in [2.24, 2.45) is 0 Å². The lowest BCUT2D eigenvalue weighted by Gasteiger charge is -2.19. The van der Waals surface area contributed by atoms with Crippen LogP contribution in [0.2, 0.25) is 0 Å². The van der Waals surface area contributed by atoms with Crippen LogP contribution in [0, 0.1) is 0 Å². The van der Waals surface area contributed by atoms with Gasteiger partial charge in [-0.05, 0) is 33.6 Å². The fourth-order valence-electron chi connectivity index (χ4n) is 2.30. The van der Waals surface area contributed by atoms with Gasteiger partial charge < -0.3 is 15.4 Å². The third kappa shape index (κ3) is 6.62. The normalized spacial score (nSPS) is 13.7. The van der Waals surface area contributed by atoms with E-state index in [1.54, 1.807) is 27.0 Å². The van der Waals surface area contributed by atoms with Crippen LogP contribution in [0.4, 0.5) is 4.79 Å². The summed E-state index contributed by atoms with van der Waals surface area (Å²) in [5.74, 6) is 0.0653. The second kappa shape index (κ2) is 8.98. The predicted molar refractivity (Wildman–Crippen MR) is 97.3 cm³/mol. The van der Waals surface area contributed by atoms with Crippen molar-refractivity contribution in [2.45, 2.75) is 50.8 Å². The smallest absolute Gasteiger partial charge is 0.407 e. The van der Waals surface area contributed by atoms with Crippen molar-refractivity contribution in [3.63, 3.8) is 0 Å². The van der Waals surface area contributed by atoms with Crippen LogP contribution in [0.1, 0.15) is 49.7 Å². The lowest BCUT2D eigenvalue weighted by molar-refractivity contribution is -0.118. The van der Waals surface area contributed by atoms with E-state index in [1.165, 1.54) is 11.8 Å². The van der Waals surface area contributed by atoms with Gasteiger partial charge in [-0.15, -0.1) is 0 Å². The SMILES string of the molecule is CC(C)(C)OC(=O)NCCNC(=O)CSc1ncc2c(n1)CCCC2=O. The Morgan fingerprint density at radius 1 is 1.23 bits per heavy atom. The quantitative estimate of drug-likeness (QED) is 0.439. The zero-order valence-corrected chi connectivity index (χ0v) is 16.1. The van der Waals surface area contributed by atoms with Gasteiger partial charge in [0, 0.05) is 25.7 Å². The molecule has 1 aromatic heterocycles. The molecular formula is C17H24N4O4S. The summed E-state index contributed by atoms with van der Waals surface area (Å²) in [4.78, 5) is 43.6. The molecule has 0 spiro atoms. The number of hydrogen-bond acceptors (Lipinski definition) is 7. The molecule has 2 rings (SSSR count). The van der Waals surface area contributed by atoms with Crippen LogP contribution >= 0.6 is 11.8 Å². The first-order chi connectivity index (χ1) is 12.2. The van der Waals surface area contributed by atoms with E-state index in [9.17, 15) is 14.4 Å². The van der Waals surface area contributed by atoms with Crippen LogP contribution < -0.4 is 10.6 Å². The van der Waals surface area contributed by atoms with Gasteiger partial charge in [0.1, 0.15) is 5.60 Å². The molecule has 8 nitrogen and oxygen atoms in total. The van der Waals surface area contributed by atoms with Crippen molar-refractivity contribution < 1.29 is 19.1 Å². The number of carbonyl (C=O) groups excluding carboxylic acids is 3. The van der Waals surface area contributed by atoms with E-state index in [0.29, 0.717) is 23.7 Å². The maximum absolute atomic E-state index is 11.8. The molecule has 0 atom stereocenters. The van der Waals surface area contributed by atoms with Gasteiger partial charge in [0.25, 0.3) is 0 Å². The highest BCUT2D eigenvalue weighted by Crippen LogP contribution is 2.21. The summed E-state index contributed by atoms with van der Waals surface area (Å²) in [5.41, 5.74) is 0.808. The van der Waals surface area contributed by atoms with Crippen LogP contribution in [0.5, 0.6) is 0 Å². The van der Waals surface area contributed by atoms with E-state index in [-0.39, 0.29) is 24.0 Å². The first kappa shape index (κ1) is 20.2. The van der Waals surface area contributed by atoms with Crippen LogP contribution in [-0.2, 0) is 16.0 Å². The summed E-state index contributed by atoms with van der Waals surface area (Å²) >= 11 is 1.22. The van der Waals surface area contributed by atoms with Gasteiger partial charge in [-0.2, -0.15) is 0 Å². The van der Waals surface area contributed by atoms with Crippen LogP contribution in [0.15, 0.2) is 11.4 Å².